The van der Waals surface area contributed by atoms with Gasteiger partial charge in [-0.25, -0.2) is 0 Å². The van der Waals surface area contributed by atoms with Crippen molar-refractivity contribution in [1.82, 2.24) is 5.32 Å². The number of rotatable bonds is 4. The SMILES string of the molecule is Brc1ccccc1OCCC1COCCN1. The minimum absolute atomic E-state index is 0.427. The fraction of sp³-hybridized carbons (Fsp3) is 0.500. The quantitative estimate of drug-likeness (QED) is 0.920. The molecule has 1 unspecified atom stereocenters. The Morgan fingerprint density at radius 1 is 1.44 bits per heavy atom. The summed E-state index contributed by atoms with van der Waals surface area (Å²) in [5.41, 5.74) is 0. The topological polar surface area (TPSA) is 30.5 Å². The van der Waals surface area contributed by atoms with Crippen LogP contribution in [0.25, 0.3) is 0 Å². The summed E-state index contributed by atoms with van der Waals surface area (Å²) in [5.74, 6) is 0.902. The van der Waals surface area contributed by atoms with Crippen molar-refractivity contribution in [3.63, 3.8) is 0 Å². The summed E-state index contributed by atoms with van der Waals surface area (Å²) in [6, 6.07) is 8.33. The second-order valence-corrected chi connectivity index (χ2v) is 4.65. The molecule has 1 aromatic rings. The molecule has 1 saturated heterocycles. The molecule has 1 aromatic carbocycles. The Balaban J connectivity index is 1.73. The highest BCUT2D eigenvalue weighted by atomic mass is 79.9. The van der Waals surface area contributed by atoms with Gasteiger partial charge in [0.1, 0.15) is 5.75 Å². The Hall–Kier alpha value is -0.580. The van der Waals surface area contributed by atoms with Crippen LogP contribution in [-0.4, -0.2) is 32.4 Å². The third-order valence-corrected chi connectivity index (χ3v) is 3.21. The first-order chi connectivity index (χ1) is 7.86. The van der Waals surface area contributed by atoms with Crippen LogP contribution in [0, 0.1) is 0 Å². The van der Waals surface area contributed by atoms with Crippen molar-refractivity contribution < 1.29 is 9.47 Å². The maximum atomic E-state index is 5.70. The van der Waals surface area contributed by atoms with Crippen LogP contribution in [0.5, 0.6) is 5.75 Å². The minimum Gasteiger partial charge on any atom is -0.492 e. The first-order valence-corrected chi connectivity index (χ1v) is 6.34. The van der Waals surface area contributed by atoms with E-state index >= 15 is 0 Å². The molecule has 1 aliphatic rings. The van der Waals surface area contributed by atoms with Crippen molar-refractivity contribution in [2.45, 2.75) is 12.5 Å². The monoisotopic (exact) mass is 285 g/mol. The molecule has 0 spiro atoms. The van der Waals surface area contributed by atoms with Crippen molar-refractivity contribution >= 4 is 15.9 Å². The number of morpholine rings is 1. The van der Waals surface area contributed by atoms with Crippen LogP contribution in [0.15, 0.2) is 28.7 Å². The van der Waals surface area contributed by atoms with Gasteiger partial charge in [0.15, 0.2) is 0 Å². The molecule has 0 aromatic heterocycles. The standard InChI is InChI=1S/C12H16BrNO2/c13-11-3-1-2-4-12(11)16-7-5-10-9-15-8-6-14-10/h1-4,10,14H,5-9H2. The van der Waals surface area contributed by atoms with Gasteiger partial charge in [-0.2, -0.15) is 0 Å². The second kappa shape index (κ2) is 6.23. The van der Waals surface area contributed by atoms with E-state index in [0.717, 1.165) is 36.4 Å². The smallest absolute Gasteiger partial charge is 0.133 e. The molecule has 1 heterocycles. The molecule has 16 heavy (non-hydrogen) atoms. The highest BCUT2D eigenvalue weighted by molar-refractivity contribution is 9.10. The van der Waals surface area contributed by atoms with E-state index in [1.165, 1.54) is 0 Å². The Bertz CT molecular complexity index is 327. The first kappa shape index (κ1) is 11.9. The van der Waals surface area contributed by atoms with Gasteiger partial charge >= 0.3 is 0 Å². The number of ether oxygens (including phenoxy) is 2. The summed E-state index contributed by atoms with van der Waals surface area (Å²) < 4.78 is 12.1. The van der Waals surface area contributed by atoms with Crippen molar-refractivity contribution in [2.75, 3.05) is 26.4 Å². The highest BCUT2D eigenvalue weighted by Gasteiger charge is 2.12. The summed E-state index contributed by atoms with van der Waals surface area (Å²) in [6.45, 7) is 3.27. The minimum atomic E-state index is 0.427. The predicted octanol–water partition coefficient (Wildman–Crippen LogP) is 2.21. The Labute approximate surface area is 104 Å². The Morgan fingerprint density at radius 2 is 2.31 bits per heavy atom. The maximum Gasteiger partial charge on any atom is 0.133 e. The molecule has 0 aliphatic carbocycles. The molecule has 0 saturated carbocycles. The van der Waals surface area contributed by atoms with E-state index in [2.05, 4.69) is 21.2 Å². The van der Waals surface area contributed by atoms with Gasteiger partial charge in [-0.3, -0.25) is 0 Å². The lowest BCUT2D eigenvalue weighted by Crippen LogP contribution is -2.41. The van der Waals surface area contributed by atoms with Gasteiger partial charge < -0.3 is 14.8 Å². The molecule has 2 rings (SSSR count). The van der Waals surface area contributed by atoms with Gasteiger partial charge in [-0.05, 0) is 34.5 Å². The van der Waals surface area contributed by atoms with E-state index in [4.69, 9.17) is 9.47 Å². The van der Waals surface area contributed by atoms with Crippen LogP contribution in [0.3, 0.4) is 0 Å². The summed E-state index contributed by atoms with van der Waals surface area (Å²) in [7, 11) is 0. The van der Waals surface area contributed by atoms with Crippen LogP contribution in [0.4, 0.5) is 0 Å². The zero-order chi connectivity index (χ0) is 11.2. The number of benzene rings is 1. The molecular formula is C12H16BrNO2. The fourth-order valence-corrected chi connectivity index (χ4v) is 2.08. The molecule has 0 amide bonds. The molecule has 1 fully saturated rings. The molecular weight excluding hydrogens is 270 g/mol. The van der Waals surface area contributed by atoms with Crippen molar-refractivity contribution in [3.8, 4) is 5.75 Å². The molecule has 1 aliphatic heterocycles. The van der Waals surface area contributed by atoms with Crippen molar-refractivity contribution in [3.05, 3.63) is 28.7 Å². The van der Waals surface area contributed by atoms with Gasteiger partial charge in [0.05, 0.1) is 24.3 Å². The largest absolute Gasteiger partial charge is 0.492 e. The van der Waals surface area contributed by atoms with Crippen LogP contribution >= 0.6 is 15.9 Å². The molecule has 0 bridgehead atoms. The number of para-hydroxylation sites is 1. The van der Waals surface area contributed by atoms with Gasteiger partial charge in [-0.1, -0.05) is 12.1 Å². The van der Waals surface area contributed by atoms with E-state index in [1.807, 2.05) is 24.3 Å². The Kier molecular flexibility index (Phi) is 4.63. The fourth-order valence-electron chi connectivity index (χ4n) is 1.68. The lowest BCUT2D eigenvalue weighted by Gasteiger charge is -2.23. The average molecular weight is 286 g/mol. The molecule has 1 atom stereocenters. The number of nitrogens with one attached hydrogen (secondary N) is 1. The number of hydrogen-bond acceptors (Lipinski definition) is 3. The number of hydrogen-bond donors (Lipinski definition) is 1. The van der Waals surface area contributed by atoms with Crippen LogP contribution in [0.1, 0.15) is 6.42 Å². The van der Waals surface area contributed by atoms with Gasteiger partial charge in [0, 0.05) is 12.6 Å². The average Bonchev–Trinajstić information content (AvgIpc) is 2.33. The third kappa shape index (κ3) is 3.47. The van der Waals surface area contributed by atoms with Crippen LogP contribution in [-0.2, 0) is 4.74 Å². The van der Waals surface area contributed by atoms with Gasteiger partial charge in [0.2, 0.25) is 0 Å². The van der Waals surface area contributed by atoms with E-state index in [1.54, 1.807) is 0 Å². The molecule has 4 heteroatoms. The summed E-state index contributed by atoms with van der Waals surface area (Å²) in [6.07, 6.45) is 0.974. The van der Waals surface area contributed by atoms with Gasteiger partial charge in [0.25, 0.3) is 0 Å². The summed E-state index contributed by atoms with van der Waals surface area (Å²) in [5, 5.41) is 3.40. The predicted molar refractivity (Wildman–Crippen MR) is 66.9 cm³/mol. The normalized spacial score (nSPS) is 20.7. The third-order valence-electron chi connectivity index (χ3n) is 2.56. The number of halogens is 1. The van der Waals surface area contributed by atoms with Crippen LogP contribution in [0.2, 0.25) is 0 Å². The van der Waals surface area contributed by atoms with E-state index in [-0.39, 0.29) is 0 Å². The van der Waals surface area contributed by atoms with Crippen molar-refractivity contribution in [2.24, 2.45) is 0 Å². The lowest BCUT2D eigenvalue weighted by molar-refractivity contribution is 0.0691. The lowest BCUT2D eigenvalue weighted by atomic mass is 10.2. The first-order valence-electron chi connectivity index (χ1n) is 5.55. The second-order valence-electron chi connectivity index (χ2n) is 3.79. The zero-order valence-electron chi connectivity index (χ0n) is 9.12. The molecule has 0 radical (unpaired) electrons. The molecule has 1 N–H and O–H groups in total. The van der Waals surface area contributed by atoms with E-state index < -0.39 is 0 Å². The zero-order valence-corrected chi connectivity index (χ0v) is 10.7. The van der Waals surface area contributed by atoms with Crippen LogP contribution < -0.4 is 10.1 Å². The van der Waals surface area contributed by atoms with Crippen molar-refractivity contribution in [1.29, 1.82) is 0 Å². The highest BCUT2D eigenvalue weighted by Crippen LogP contribution is 2.23. The molecule has 3 nitrogen and oxygen atoms in total. The molecule has 88 valence electrons. The van der Waals surface area contributed by atoms with E-state index in [9.17, 15) is 0 Å². The Morgan fingerprint density at radius 3 is 3.06 bits per heavy atom. The summed E-state index contributed by atoms with van der Waals surface area (Å²) in [4.78, 5) is 0. The van der Waals surface area contributed by atoms with Gasteiger partial charge in [-0.15, -0.1) is 0 Å². The van der Waals surface area contributed by atoms with E-state index in [0.29, 0.717) is 12.6 Å². The maximum absolute atomic E-state index is 5.70. The summed E-state index contributed by atoms with van der Waals surface area (Å²) >= 11 is 3.46.